The third kappa shape index (κ3) is 3.79. The molecule has 1 aliphatic rings. The molecule has 1 unspecified atom stereocenters. The van der Waals surface area contributed by atoms with Crippen molar-refractivity contribution in [3.63, 3.8) is 0 Å². The summed E-state index contributed by atoms with van der Waals surface area (Å²) in [5.41, 5.74) is 6.84. The number of nitrogens with one attached hydrogen (secondary N) is 2. The highest BCUT2D eigenvalue weighted by molar-refractivity contribution is 5.95. The number of piperidine rings is 1. The van der Waals surface area contributed by atoms with E-state index in [9.17, 15) is 9.59 Å². The Hall–Kier alpha value is -2.48. The van der Waals surface area contributed by atoms with Crippen LogP contribution in [-0.4, -0.2) is 57.1 Å². The van der Waals surface area contributed by atoms with Gasteiger partial charge < -0.3 is 16.0 Å². The van der Waals surface area contributed by atoms with Gasteiger partial charge in [-0.25, -0.2) is 4.98 Å². The van der Waals surface area contributed by atoms with Crippen LogP contribution in [0.15, 0.2) is 18.5 Å². The van der Waals surface area contributed by atoms with Crippen molar-refractivity contribution in [2.24, 2.45) is 11.7 Å². The van der Waals surface area contributed by atoms with Gasteiger partial charge in [0.15, 0.2) is 0 Å². The first kappa shape index (κ1) is 17.3. The van der Waals surface area contributed by atoms with Crippen molar-refractivity contribution in [1.82, 2.24) is 25.4 Å². The van der Waals surface area contributed by atoms with Crippen LogP contribution < -0.4 is 11.1 Å². The molecule has 1 fully saturated rings. The molecule has 25 heavy (non-hydrogen) atoms. The first-order valence-corrected chi connectivity index (χ1v) is 8.60. The van der Waals surface area contributed by atoms with Crippen molar-refractivity contribution in [2.75, 3.05) is 13.1 Å². The molecule has 1 aliphatic heterocycles. The molecule has 2 atom stereocenters. The lowest BCUT2D eigenvalue weighted by Gasteiger charge is -2.35. The molecule has 0 spiro atoms. The molecule has 0 aromatic carbocycles. The van der Waals surface area contributed by atoms with Crippen LogP contribution in [0, 0.1) is 5.92 Å². The molecule has 0 radical (unpaired) electrons. The summed E-state index contributed by atoms with van der Waals surface area (Å²) in [5.74, 6) is 0.135. The van der Waals surface area contributed by atoms with Gasteiger partial charge in [-0.1, -0.05) is 0 Å². The number of amides is 2. The predicted molar refractivity (Wildman–Crippen MR) is 93.8 cm³/mol. The van der Waals surface area contributed by atoms with E-state index < -0.39 is 6.04 Å². The molecule has 2 aromatic heterocycles. The molecule has 3 heterocycles. The number of H-pyrrole nitrogens is 1. The number of likely N-dealkylation sites (tertiary alicyclic amines) is 1. The molecule has 2 aromatic rings. The van der Waals surface area contributed by atoms with Crippen molar-refractivity contribution in [3.8, 4) is 0 Å². The minimum atomic E-state index is -0.461. The Morgan fingerprint density at radius 3 is 2.72 bits per heavy atom. The normalized spacial score (nSPS) is 18.1. The number of carbonyl (C=O) groups excluding carboxylic acids is 2. The summed E-state index contributed by atoms with van der Waals surface area (Å²) in [7, 11) is 0. The number of aromatic amines is 1. The van der Waals surface area contributed by atoms with E-state index in [2.05, 4.69) is 20.5 Å². The summed E-state index contributed by atoms with van der Waals surface area (Å²) < 4.78 is 0. The Labute approximate surface area is 146 Å². The minimum Gasteiger partial charge on any atom is -0.348 e. The van der Waals surface area contributed by atoms with Crippen molar-refractivity contribution < 1.29 is 9.59 Å². The number of rotatable bonds is 4. The van der Waals surface area contributed by atoms with Crippen LogP contribution in [0.1, 0.15) is 37.2 Å². The SMILES string of the molecule is CC(NC(=O)c1cc2cn[nH]c2cn1)C1CCN(C(=O)[C@H](C)N)CC1. The summed E-state index contributed by atoms with van der Waals surface area (Å²) in [5, 5.41) is 10.6. The van der Waals surface area contributed by atoms with Gasteiger partial charge in [0.2, 0.25) is 5.91 Å². The maximum atomic E-state index is 12.4. The number of nitrogens with two attached hydrogens (primary N) is 1. The first-order valence-electron chi connectivity index (χ1n) is 8.60. The van der Waals surface area contributed by atoms with E-state index in [1.54, 1.807) is 25.4 Å². The lowest BCUT2D eigenvalue weighted by Crippen LogP contribution is -2.49. The lowest BCUT2D eigenvalue weighted by atomic mass is 9.90. The highest BCUT2D eigenvalue weighted by Gasteiger charge is 2.28. The molecule has 134 valence electrons. The van der Waals surface area contributed by atoms with Crippen molar-refractivity contribution in [3.05, 3.63) is 24.2 Å². The maximum absolute atomic E-state index is 12.4. The minimum absolute atomic E-state index is 0.00671. The largest absolute Gasteiger partial charge is 0.348 e. The van der Waals surface area contributed by atoms with E-state index in [0.717, 1.165) is 23.7 Å². The van der Waals surface area contributed by atoms with E-state index in [1.165, 1.54) is 0 Å². The third-order valence-electron chi connectivity index (χ3n) is 4.86. The number of hydrogen-bond acceptors (Lipinski definition) is 5. The highest BCUT2D eigenvalue weighted by atomic mass is 16.2. The first-order chi connectivity index (χ1) is 12.0. The van der Waals surface area contributed by atoms with E-state index in [4.69, 9.17) is 5.73 Å². The average Bonchev–Trinajstić information content (AvgIpc) is 3.08. The monoisotopic (exact) mass is 344 g/mol. The number of carbonyl (C=O) groups is 2. The number of nitrogens with zero attached hydrogens (tertiary/aromatic N) is 3. The number of fused-ring (bicyclic) bond motifs is 1. The van der Waals surface area contributed by atoms with Gasteiger partial charge in [0, 0.05) is 24.5 Å². The molecule has 3 rings (SSSR count). The Balaban J connectivity index is 1.56. The topological polar surface area (TPSA) is 117 Å². The standard InChI is InChI=1S/C17H24N6O2/c1-10(18)17(25)23-5-3-12(4-6-23)11(2)21-16(24)14-7-13-8-20-22-15(13)9-19-14/h7-12H,3-6,18H2,1-2H3,(H,20,22)(H,21,24)/t10-,11?/m0/s1. The average molecular weight is 344 g/mol. The molecule has 0 saturated carbocycles. The molecular weight excluding hydrogens is 320 g/mol. The van der Waals surface area contributed by atoms with Gasteiger partial charge in [0.1, 0.15) is 5.69 Å². The predicted octanol–water partition coefficient (Wildman–Crippen LogP) is 0.662. The number of hydrogen-bond donors (Lipinski definition) is 3. The van der Waals surface area contributed by atoms with Crippen molar-refractivity contribution in [2.45, 2.75) is 38.8 Å². The smallest absolute Gasteiger partial charge is 0.270 e. The zero-order valence-corrected chi connectivity index (χ0v) is 14.5. The molecule has 0 bridgehead atoms. The van der Waals surface area contributed by atoms with Crippen LogP contribution in [0.5, 0.6) is 0 Å². The Morgan fingerprint density at radius 2 is 2.04 bits per heavy atom. The van der Waals surface area contributed by atoms with Crippen LogP contribution in [0.2, 0.25) is 0 Å². The van der Waals surface area contributed by atoms with Crippen LogP contribution in [0.25, 0.3) is 10.9 Å². The van der Waals surface area contributed by atoms with Crippen molar-refractivity contribution >= 4 is 22.7 Å². The van der Waals surface area contributed by atoms with E-state index >= 15 is 0 Å². The molecular formula is C17H24N6O2. The van der Waals surface area contributed by atoms with E-state index in [0.29, 0.717) is 24.7 Å². The number of aromatic nitrogens is 3. The Morgan fingerprint density at radius 1 is 1.32 bits per heavy atom. The van der Waals surface area contributed by atoms with Crippen LogP contribution in [0.4, 0.5) is 0 Å². The van der Waals surface area contributed by atoms with Crippen LogP contribution in [-0.2, 0) is 4.79 Å². The highest BCUT2D eigenvalue weighted by Crippen LogP contribution is 2.21. The molecule has 4 N–H and O–H groups in total. The zero-order valence-electron chi connectivity index (χ0n) is 14.5. The molecule has 2 amide bonds. The van der Waals surface area contributed by atoms with E-state index in [1.807, 2.05) is 11.8 Å². The van der Waals surface area contributed by atoms with Gasteiger partial charge in [-0.15, -0.1) is 0 Å². The summed E-state index contributed by atoms with van der Waals surface area (Å²) in [6.07, 6.45) is 4.99. The van der Waals surface area contributed by atoms with Gasteiger partial charge >= 0.3 is 0 Å². The fourth-order valence-corrected chi connectivity index (χ4v) is 3.27. The maximum Gasteiger partial charge on any atom is 0.270 e. The van der Waals surface area contributed by atoms with Crippen LogP contribution in [0.3, 0.4) is 0 Å². The zero-order chi connectivity index (χ0) is 18.0. The Bertz CT molecular complexity index is 763. The fraction of sp³-hybridized carbons (Fsp3) is 0.529. The van der Waals surface area contributed by atoms with Crippen molar-refractivity contribution in [1.29, 1.82) is 0 Å². The van der Waals surface area contributed by atoms with Crippen LogP contribution >= 0.6 is 0 Å². The second-order valence-corrected chi connectivity index (χ2v) is 6.74. The van der Waals surface area contributed by atoms with Gasteiger partial charge in [0.05, 0.1) is 24.0 Å². The summed E-state index contributed by atoms with van der Waals surface area (Å²) in [4.78, 5) is 30.4. The Kier molecular flexibility index (Phi) is 4.98. The van der Waals surface area contributed by atoms with E-state index in [-0.39, 0.29) is 17.9 Å². The lowest BCUT2D eigenvalue weighted by molar-refractivity contribution is -0.133. The quantitative estimate of drug-likeness (QED) is 0.753. The molecule has 8 nitrogen and oxygen atoms in total. The number of pyridine rings is 1. The molecule has 0 aliphatic carbocycles. The van der Waals surface area contributed by atoms with Gasteiger partial charge in [-0.3, -0.25) is 14.7 Å². The summed E-state index contributed by atoms with van der Waals surface area (Å²) in [6, 6.07) is 1.28. The van der Waals surface area contributed by atoms with Gasteiger partial charge in [0.25, 0.3) is 5.91 Å². The summed E-state index contributed by atoms with van der Waals surface area (Å²) in [6.45, 7) is 5.08. The van der Waals surface area contributed by atoms with Gasteiger partial charge in [-0.05, 0) is 38.7 Å². The second kappa shape index (κ2) is 7.18. The second-order valence-electron chi connectivity index (χ2n) is 6.74. The third-order valence-corrected chi connectivity index (χ3v) is 4.86. The summed E-state index contributed by atoms with van der Waals surface area (Å²) >= 11 is 0. The molecule has 1 saturated heterocycles. The van der Waals surface area contributed by atoms with Gasteiger partial charge in [-0.2, -0.15) is 5.10 Å². The molecule has 8 heteroatoms. The fourth-order valence-electron chi connectivity index (χ4n) is 3.27.